The van der Waals surface area contributed by atoms with Crippen molar-refractivity contribution in [1.82, 2.24) is 4.31 Å². The summed E-state index contributed by atoms with van der Waals surface area (Å²) >= 11 is 1.44. The van der Waals surface area contributed by atoms with E-state index in [1.54, 1.807) is 34.0 Å². The van der Waals surface area contributed by atoms with E-state index in [2.05, 4.69) is 5.32 Å². The zero-order valence-electron chi connectivity index (χ0n) is 13.3. The maximum absolute atomic E-state index is 12.8. The van der Waals surface area contributed by atoms with Gasteiger partial charge < -0.3 is 5.32 Å². The van der Waals surface area contributed by atoms with Gasteiger partial charge in [-0.05, 0) is 42.5 Å². The van der Waals surface area contributed by atoms with Gasteiger partial charge in [0.1, 0.15) is 0 Å². The van der Waals surface area contributed by atoms with Crippen LogP contribution in [0.3, 0.4) is 0 Å². The second kappa shape index (κ2) is 7.46. The molecule has 5 nitrogen and oxygen atoms in total. The molecule has 2 heterocycles. The molecule has 24 heavy (non-hydrogen) atoms. The minimum absolute atomic E-state index is 0.229. The first kappa shape index (κ1) is 17.1. The molecule has 0 aliphatic carbocycles. The summed E-state index contributed by atoms with van der Waals surface area (Å²) in [6.07, 6.45) is 3.94. The molecule has 128 valence electrons. The van der Waals surface area contributed by atoms with E-state index in [4.69, 9.17) is 0 Å². The Bertz CT molecular complexity index is 793. The highest BCUT2D eigenvalue weighted by Gasteiger charge is 2.25. The van der Waals surface area contributed by atoms with Crippen LogP contribution in [0.5, 0.6) is 0 Å². The van der Waals surface area contributed by atoms with E-state index in [1.807, 2.05) is 5.38 Å². The summed E-state index contributed by atoms with van der Waals surface area (Å²) in [4.78, 5) is 12.3. The fourth-order valence-electron chi connectivity index (χ4n) is 2.76. The molecular formula is C17H20N2O3S2. The highest BCUT2D eigenvalue weighted by Crippen LogP contribution is 2.23. The van der Waals surface area contributed by atoms with Gasteiger partial charge in [0.25, 0.3) is 5.91 Å². The van der Waals surface area contributed by atoms with Crippen molar-refractivity contribution in [3.63, 3.8) is 0 Å². The molecule has 7 heteroatoms. The fraction of sp³-hybridized carbons (Fsp3) is 0.353. The van der Waals surface area contributed by atoms with Crippen molar-refractivity contribution in [2.45, 2.75) is 30.6 Å². The smallest absolute Gasteiger partial charge is 0.256 e. The molecule has 3 rings (SSSR count). The third-order valence-electron chi connectivity index (χ3n) is 4.08. The number of benzene rings is 1. The molecule has 1 fully saturated rings. The van der Waals surface area contributed by atoms with Gasteiger partial charge in [-0.25, -0.2) is 8.42 Å². The molecule has 1 N–H and O–H groups in total. The first-order valence-corrected chi connectivity index (χ1v) is 10.4. The Labute approximate surface area is 146 Å². The molecule has 2 aromatic rings. The molecule has 1 aliphatic heterocycles. The lowest BCUT2D eigenvalue weighted by atomic mass is 10.2. The van der Waals surface area contributed by atoms with Gasteiger partial charge in [0.2, 0.25) is 10.0 Å². The van der Waals surface area contributed by atoms with Crippen molar-refractivity contribution in [3.8, 4) is 0 Å². The van der Waals surface area contributed by atoms with Gasteiger partial charge in [-0.2, -0.15) is 15.6 Å². The molecule has 0 unspecified atom stereocenters. The second-order valence-corrected chi connectivity index (χ2v) is 8.53. The maximum atomic E-state index is 12.8. The molecule has 1 aromatic heterocycles. The molecular weight excluding hydrogens is 344 g/mol. The topological polar surface area (TPSA) is 66.5 Å². The van der Waals surface area contributed by atoms with Crippen molar-refractivity contribution < 1.29 is 13.2 Å². The maximum Gasteiger partial charge on any atom is 0.256 e. The number of carbonyl (C=O) groups is 1. The summed E-state index contributed by atoms with van der Waals surface area (Å²) in [6.45, 7) is 1.13. The van der Waals surface area contributed by atoms with E-state index in [0.29, 0.717) is 24.3 Å². The van der Waals surface area contributed by atoms with Crippen LogP contribution in [0.15, 0.2) is 46.0 Å². The van der Waals surface area contributed by atoms with Crippen molar-refractivity contribution in [2.75, 3.05) is 18.4 Å². The van der Waals surface area contributed by atoms with Crippen LogP contribution in [-0.2, 0) is 10.0 Å². The summed E-state index contributed by atoms with van der Waals surface area (Å²) in [5.41, 5.74) is 1.06. The Kier molecular flexibility index (Phi) is 5.33. The van der Waals surface area contributed by atoms with Crippen LogP contribution in [0.1, 0.15) is 36.0 Å². The number of rotatable bonds is 4. The van der Waals surface area contributed by atoms with E-state index >= 15 is 0 Å². The lowest BCUT2D eigenvalue weighted by molar-refractivity contribution is 0.102. The fourth-order valence-corrected chi connectivity index (χ4v) is 4.96. The summed E-state index contributed by atoms with van der Waals surface area (Å²) in [7, 11) is -3.51. The van der Waals surface area contributed by atoms with Gasteiger partial charge in [0, 0.05) is 24.2 Å². The van der Waals surface area contributed by atoms with Crippen LogP contribution in [0.4, 0.5) is 5.69 Å². The molecule has 1 saturated heterocycles. The molecule has 1 aliphatic rings. The summed E-state index contributed by atoms with van der Waals surface area (Å²) < 4.78 is 27.2. The zero-order valence-corrected chi connectivity index (χ0v) is 14.9. The zero-order chi connectivity index (χ0) is 17.0. The van der Waals surface area contributed by atoms with E-state index in [-0.39, 0.29) is 10.8 Å². The normalized spacial score (nSPS) is 16.5. The highest BCUT2D eigenvalue weighted by molar-refractivity contribution is 7.89. The Morgan fingerprint density at radius 2 is 1.83 bits per heavy atom. The predicted octanol–water partition coefficient (Wildman–Crippen LogP) is 3.57. The average molecular weight is 364 g/mol. The Hall–Kier alpha value is -1.70. The van der Waals surface area contributed by atoms with Crippen molar-refractivity contribution in [3.05, 3.63) is 46.7 Å². The Morgan fingerprint density at radius 3 is 2.50 bits per heavy atom. The number of nitrogens with zero attached hydrogens (tertiary/aromatic N) is 1. The van der Waals surface area contributed by atoms with Crippen LogP contribution in [0.25, 0.3) is 0 Å². The Morgan fingerprint density at radius 1 is 1.08 bits per heavy atom. The van der Waals surface area contributed by atoms with Crippen LogP contribution in [0.2, 0.25) is 0 Å². The number of anilines is 1. The SMILES string of the molecule is O=C(Nc1cccc(S(=O)(=O)N2CCCCCC2)c1)c1ccsc1. The quantitative estimate of drug-likeness (QED) is 0.902. The van der Waals surface area contributed by atoms with E-state index in [1.165, 1.54) is 17.4 Å². The number of amides is 1. The minimum atomic E-state index is -3.51. The standard InChI is InChI=1S/C17H20N2O3S2/c20-17(14-8-11-23-13-14)18-15-6-5-7-16(12-15)24(21,22)19-9-3-1-2-4-10-19/h5-8,11-13H,1-4,9-10H2,(H,18,20). The minimum Gasteiger partial charge on any atom is -0.322 e. The lowest BCUT2D eigenvalue weighted by Gasteiger charge is -2.20. The molecule has 1 amide bonds. The molecule has 0 spiro atoms. The lowest BCUT2D eigenvalue weighted by Crippen LogP contribution is -2.32. The van der Waals surface area contributed by atoms with Gasteiger partial charge in [-0.1, -0.05) is 18.9 Å². The monoisotopic (exact) mass is 364 g/mol. The van der Waals surface area contributed by atoms with Gasteiger partial charge >= 0.3 is 0 Å². The number of nitrogens with one attached hydrogen (secondary N) is 1. The van der Waals surface area contributed by atoms with Crippen LogP contribution in [0, 0.1) is 0 Å². The first-order chi connectivity index (χ1) is 11.6. The van der Waals surface area contributed by atoms with Gasteiger partial charge in [0.15, 0.2) is 0 Å². The number of thiophene rings is 1. The average Bonchev–Trinajstić information content (AvgIpc) is 2.97. The predicted molar refractivity (Wildman–Crippen MR) is 95.9 cm³/mol. The Balaban J connectivity index is 1.80. The van der Waals surface area contributed by atoms with Crippen LogP contribution in [-0.4, -0.2) is 31.7 Å². The number of hydrogen-bond donors (Lipinski definition) is 1. The van der Waals surface area contributed by atoms with Gasteiger partial charge in [-0.15, -0.1) is 0 Å². The third-order valence-corrected chi connectivity index (χ3v) is 6.66. The third kappa shape index (κ3) is 3.85. The van der Waals surface area contributed by atoms with E-state index < -0.39 is 10.0 Å². The number of sulfonamides is 1. The van der Waals surface area contributed by atoms with Crippen LogP contribution < -0.4 is 5.32 Å². The first-order valence-electron chi connectivity index (χ1n) is 8.01. The van der Waals surface area contributed by atoms with Crippen molar-refractivity contribution in [2.24, 2.45) is 0 Å². The molecule has 0 saturated carbocycles. The largest absolute Gasteiger partial charge is 0.322 e. The molecule has 0 bridgehead atoms. The van der Waals surface area contributed by atoms with E-state index in [9.17, 15) is 13.2 Å². The summed E-state index contributed by atoms with van der Waals surface area (Å²) in [6, 6.07) is 8.21. The molecule has 0 atom stereocenters. The number of hydrogen-bond acceptors (Lipinski definition) is 4. The highest BCUT2D eigenvalue weighted by atomic mass is 32.2. The summed E-state index contributed by atoms with van der Waals surface area (Å²) in [5.74, 6) is -0.236. The van der Waals surface area contributed by atoms with Gasteiger partial charge in [0.05, 0.1) is 10.5 Å². The van der Waals surface area contributed by atoms with E-state index in [0.717, 1.165) is 25.7 Å². The van der Waals surface area contributed by atoms with Crippen LogP contribution >= 0.6 is 11.3 Å². The molecule has 0 radical (unpaired) electrons. The second-order valence-electron chi connectivity index (χ2n) is 5.81. The van der Waals surface area contributed by atoms with Gasteiger partial charge in [-0.3, -0.25) is 4.79 Å². The number of carbonyl (C=O) groups excluding carboxylic acids is 1. The van der Waals surface area contributed by atoms with Crippen molar-refractivity contribution in [1.29, 1.82) is 0 Å². The molecule has 1 aromatic carbocycles. The van der Waals surface area contributed by atoms with Crippen molar-refractivity contribution >= 4 is 33.0 Å². The summed E-state index contributed by atoms with van der Waals surface area (Å²) in [5, 5.41) is 6.34.